The summed E-state index contributed by atoms with van der Waals surface area (Å²) in [6, 6.07) is 0.603. The van der Waals surface area contributed by atoms with Crippen LogP contribution in [-0.4, -0.2) is 52.1 Å². The van der Waals surface area contributed by atoms with Crippen LogP contribution in [0.15, 0.2) is 0 Å². The van der Waals surface area contributed by atoms with Crippen LogP contribution < -0.4 is 10.1 Å². The fraction of sp³-hybridized carbons (Fsp3) is 0.750. The van der Waals surface area contributed by atoms with E-state index in [0.717, 1.165) is 19.5 Å². The Kier molecular flexibility index (Phi) is 4.76. The topological polar surface area (TPSA) is 63.2 Å². The summed E-state index contributed by atoms with van der Waals surface area (Å²) in [5, 5.41) is 3.45. The van der Waals surface area contributed by atoms with Crippen LogP contribution in [0, 0.1) is 0 Å². The Hall–Kier alpha value is -1.14. The van der Waals surface area contributed by atoms with Gasteiger partial charge in [0.05, 0.1) is 6.10 Å². The van der Waals surface area contributed by atoms with Gasteiger partial charge in [-0.25, -0.2) is 0 Å². The fourth-order valence-corrected chi connectivity index (χ4v) is 2.28. The lowest BCUT2D eigenvalue weighted by Crippen LogP contribution is -2.40. The maximum Gasteiger partial charge on any atom is 0.322 e. The SMILES string of the molecule is CC(C)Oc1nc(Cl)nc(NC2CCCN(C)C2)n1. The second kappa shape index (κ2) is 6.34. The molecule has 1 aliphatic rings. The zero-order chi connectivity index (χ0) is 13.8. The number of piperidine rings is 1. The molecule has 0 amide bonds. The minimum Gasteiger partial charge on any atom is -0.461 e. The number of rotatable bonds is 4. The minimum absolute atomic E-state index is 0.00660. The van der Waals surface area contributed by atoms with E-state index in [2.05, 4.69) is 32.2 Å². The molecule has 1 unspecified atom stereocenters. The van der Waals surface area contributed by atoms with Crippen LogP contribution in [0.1, 0.15) is 26.7 Å². The lowest BCUT2D eigenvalue weighted by molar-refractivity contribution is 0.221. The van der Waals surface area contributed by atoms with Gasteiger partial charge in [-0.2, -0.15) is 15.0 Å². The van der Waals surface area contributed by atoms with Gasteiger partial charge in [0.2, 0.25) is 11.2 Å². The molecule has 2 rings (SSSR count). The van der Waals surface area contributed by atoms with Crippen molar-refractivity contribution in [3.8, 4) is 6.01 Å². The monoisotopic (exact) mass is 285 g/mol. The number of aromatic nitrogens is 3. The number of likely N-dealkylation sites (N-methyl/N-ethyl adjacent to an activating group) is 1. The summed E-state index contributed by atoms with van der Waals surface area (Å²) < 4.78 is 5.45. The third-order valence-corrected chi connectivity index (χ3v) is 3.06. The lowest BCUT2D eigenvalue weighted by atomic mass is 10.1. The number of likely N-dealkylation sites (tertiary alicyclic amines) is 1. The largest absolute Gasteiger partial charge is 0.461 e. The average molecular weight is 286 g/mol. The van der Waals surface area contributed by atoms with Crippen molar-refractivity contribution in [3.05, 3.63) is 5.28 Å². The molecule has 6 nitrogen and oxygen atoms in total. The first-order valence-corrected chi connectivity index (χ1v) is 6.94. The van der Waals surface area contributed by atoms with Crippen molar-refractivity contribution in [2.75, 3.05) is 25.5 Å². The van der Waals surface area contributed by atoms with Gasteiger partial charge in [0.25, 0.3) is 0 Å². The standard InChI is InChI=1S/C12H20ClN5O/c1-8(2)19-12-16-10(13)15-11(17-12)14-9-5-4-6-18(3)7-9/h8-9H,4-7H2,1-3H3,(H,14,15,16,17). The number of nitrogens with zero attached hydrogens (tertiary/aromatic N) is 4. The van der Waals surface area contributed by atoms with Crippen LogP contribution in [0.3, 0.4) is 0 Å². The normalized spacial score (nSPS) is 20.6. The molecule has 7 heteroatoms. The first-order valence-electron chi connectivity index (χ1n) is 6.56. The van der Waals surface area contributed by atoms with E-state index in [4.69, 9.17) is 16.3 Å². The molecule has 1 aromatic heterocycles. The highest BCUT2D eigenvalue weighted by Gasteiger charge is 2.18. The zero-order valence-electron chi connectivity index (χ0n) is 11.6. The van der Waals surface area contributed by atoms with Gasteiger partial charge in [-0.3, -0.25) is 0 Å². The molecule has 0 radical (unpaired) electrons. The van der Waals surface area contributed by atoms with Crippen molar-refractivity contribution in [2.45, 2.75) is 38.8 Å². The number of hydrogen-bond donors (Lipinski definition) is 1. The molecule has 1 fully saturated rings. The second-order valence-electron chi connectivity index (χ2n) is 5.12. The molecule has 1 saturated heterocycles. The maximum atomic E-state index is 5.89. The molecule has 0 saturated carbocycles. The molecule has 106 valence electrons. The van der Waals surface area contributed by atoms with Crippen LogP contribution >= 0.6 is 11.6 Å². The number of anilines is 1. The minimum atomic E-state index is 0.00660. The van der Waals surface area contributed by atoms with Crippen LogP contribution in [0.4, 0.5) is 5.95 Å². The van der Waals surface area contributed by atoms with Crippen molar-refractivity contribution in [2.24, 2.45) is 0 Å². The van der Waals surface area contributed by atoms with Crippen molar-refractivity contribution < 1.29 is 4.74 Å². The highest BCUT2D eigenvalue weighted by molar-refractivity contribution is 6.28. The molecular weight excluding hydrogens is 266 g/mol. The quantitative estimate of drug-likeness (QED) is 0.910. The Morgan fingerprint density at radius 1 is 1.37 bits per heavy atom. The van der Waals surface area contributed by atoms with Gasteiger partial charge in [0, 0.05) is 12.6 Å². The Bertz CT molecular complexity index is 429. The predicted molar refractivity (Wildman–Crippen MR) is 74.7 cm³/mol. The number of hydrogen-bond acceptors (Lipinski definition) is 6. The summed E-state index contributed by atoms with van der Waals surface area (Å²) in [5.41, 5.74) is 0. The van der Waals surface area contributed by atoms with Gasteiger partial charge in [0.1, 0.15) is 0 Å². The number of halogens is 1. The van der Waals surface area contributed by atoms with Crippen molar-refractivity contribution >= 4 is 17.5 Å². The Morgan fingerprint density at radius 3 is 2.84 bits per heavy atom. The molecular formula is C12H20ClN5O. The van der Waals surface area contributed by atoms with E-state index in [1.54, 1.807) is 0 Å². The van der Waals surface area contributed by atoms with Crippen molar-refractivity contribution in [1.29, 1.82) is 0 Å². The van der Waals surface area contributed by atoms with E-state index < -0.39 is 0 Å². The molecule has 19 heavy (non-hydrogen) atoms. The van der Waals surface area contributed by atoms with Crippen LogP contribution in [0.2, 0.25) is 5.28 Å². The van der Waals surface area contributed by atoms with E-state index in [9.17, 15) is 0 Å². The first kappa shape index (κ1) is 14.3. The van der Waals surface area contributed by atoms with Gasteiger partial charge in [-0.1, -0.05) is 0 Å². The number of nitrogens with one attached hydrogen (secondary N) is 1. The molecule has 1 aromatic rings. The molecule has 0 aromatic carbocycles. The number of ether oxygens (including phenoxy) is 1. The Morgan fingerprint density at radius 2 is 2.16 bits per heavy atom. The van der Waals surface area contributed by atoms with E-state index >= 15 is 0 Å². The maximum absolute atomic E-state index is 5.89. The fourth-order valence-electron chi connectivity index (χ4n) is 2.13. The van der Waals surface area contributed by atoms with E-state index in [1.165, 1.54) is 6.42 Å². The van der Waals surface area contributed by atoms with Crippen LogP contribution in [0.25, 0.3) is 0 Å². The summed E-state index contributed by atoms with van der Waals surface area (Å²) >= 11 is 5.89. The predicted octanol–water partition coefficient (Wildman–Crippen LogP) is 1.82. The summed E-state index contributed by atoms with van der Waals surface area (Å²) in [5.74, 6) is 0.482. The molecule has 1 atom stereocenters. The van der Waals surface area contributed by atoms with E-state index in [0.29, 0.717) is 12.0 Å². The lowest BCUT2D eigenvalue weighted by Gasteiger charge is -2.30. The van der Waals surface area contributed by atoms with Gasteiger partial charge >= 0.3 is 6.01 Å². The third-order valence-electron chi connectivity index (χ3n) is 2.89. The molecule has 1 N–H and O–H groups in total. The van der Waals surface area contributed by atoms with Gasteiger partial charge in [0.15, 0.2) is 0 Å². The summed E-state index contributed by atoms with van der Waals surface area (Å²) in [4.78, 5) is 14.6. The molecule has 0 bridgehead atoms. The average Bonchev–Trinajstić information content (AvgIpc) is 2.26. The third kappa shape index (κ3) is 4.47. The van der Waals surface area contributed by atoms with Crippen molar-refractivity contribution in [1.82, 2.24) is 19.9 Å². The first-order chi connectivity index (χ1) is 9.02. The molecule has 0 spiro atoms. The smallest absolute Gasteiger partial charge is 0.322 e. The second-order valence-corrected chi connectivity index (χ2v) is 5.46. The summed E-state index contributed by atoms with van der Waals surface area (Å²) in [6.45, 7) is 5.95. The highest BCUT2D eigenvalue weighted by atomic mass is 35.5. The molecule has 1 aliphatic heterocycles. The summed E-state index contributed by atoms with van der Waals surface area (Å²) in [7, 11) is 2.11. The van der Waals surface area contributed by atoms with Gasteiger partial charge in [-0.15, -0.1) is 0 Å². The Balaban J connectivity index is 2.04. The van der Waals surface area contributed by atoms with Crippen LogP contribution in [-0.2, 0) is 0 Å². The zero-order valence-corrected chi connectivity index (χ0v) is 12.3. The molecule has 0 aliphatic carbocycles. The Labute approximate surface area is 118 Å². The molecule has 2 heterocycles. The van der Waals surface area contributed by atoms with Gasteiger partial charge < -0.3 is 15.0 Å². The summed E-state index contributed by atoms with van der Waals surface area (Å²) in [6.07, 6.45) is 2.28. The highest BCUT2D eigenvalue weighted by Crippen LogP contribution is 2.16. The van der Waals surface area contributed by atoms with E-state index in [-0.39, 0.29) is 17.4 Å². The van der Waals surface area contributed by atoms with Crippen molar-refractivity contribution in [3.63, 3.8) is 0 Å². The van der Waals surface area contributed by atoms with E-state index in [1.807, 2.05) is 13.8 Å². The van der Waals surface area contributed by atoms with Crippen LogP contribution in [0.5, 0.6) is 6.01 Å². The van der Waals surface area contributed by atoms with Gasteiger partial charge in [-0.05, 0) is 51.9 Å².